The summed E-state index contributed by atoms with van der Waals surface area (Å²) >= 11 is 6.73. The van der Waals surface area contributed by atoms with Crippen LogP contribution in [-0.4, -0.2) is 73.1 Å². The van der Waals surface area contributed by atoms with Gasteiger partial charge in [-0.1, -0.05) is 54.1 Å². The van der Waals surface area contributed by atoms with Crippen LogP contribution in [0.3, 0.4) is 0 Å². The van der Waals surface area contributed by atoms with Gasteiger partial charge in [0.05, 0.1) is 25.2 Å². The van der Waals surface area contributed by atoms with E-state index in [0.29, 0.717) is 36.6 Å². The van der Waals surface area contributed by atoms with Crippen LogP contribution in [0, 0.1) is 5.82 Å². The Hall–Kier alpha value is -3.12. The number of morpholine rings is 1. The van der Waals surface area contributed by atoms with Crippen LogP contribution >= 0.6 is 11.6 Å². The van der Waals surface area contributed by atoms with Gasteiger partial charge >= 0.3 is 0 Å². The Balaban J connectivity index is 1.27. The van der Waals surface area contributed by atoms with E-state index in [9.17, 15) is 12.8 Å². The lowest BCUT2D eigenvalue weighted by atomic mass is 9.97. The van der Waals surface area contributed by atoms with Crippen molar-refractivity contribution in [3.63, 3.8) is 0 Å². The molecule has 238 valence electrons. The highest BCUT2D eigenvalue weighted by Crippen LogP contribution is 2.36. The summed E-state index contributed by atoms with van der Waals surface area (Å²) in [5.74, 6) is -0.280. The van der Waals surface area contributed by atoms with E-state index in [0.717, 1.165) is 85.0 Å². The molecule has 1 aromatic heterocycles. The number of benzene rings is 3. The molecule has 4 aromatic rings. The summed E-state index contributed by atoms with van der Waals surface area (Å²) in [4.78, 5) is 2.41. The molecule has 45 heavy (non-hydrogen) atoms. The predicted octanol–water partition coefficient (Wildman–Crippen LogP) is 5.34. The van der Waals surface area contributed by atoms with Gasteiger partial charge in [0.1, 0.15) is 5.82 Å². The van der Waals surface area contributed by atoms with E-state index >= 15 is 0 Å². The van der Waals surface area contributed by atoms with Gasteiger partial charge in [-0.15, -0.1) is 0 Å². The monoisotopic (exact) mass is 651 g/mol. The SMILES string of the molecule is CS(=O)(=O)N1CCc2c(c(-c3ccc(Cl)c(-c4ccc(F)c(CNCc5ccccc5)c4)c3)nn2CCCN2CCOCC2)C1. The van der Waals surface area contributed by atoms with Crippen molar-refractivity contribution in [1.29, 1.82) is 0 Å². The van der Waals surface area contributed by atoms with Crippen LogP contribution in [-0.2, 0) is 47.4 Å². The number of nitrogens with one attached hydrogen (secondary N) is 1. The van der Waals surface area contributed by atoms with Gasteiger partial charge in [-0.3, -0.25) is 9.58 Å². The largest absolute Gasteiger partial charge is 0.379 e. The molecule has 0 atom stereocenters. The number of aryl methyl sites for hydroxylation is 1. The van der Waals surface area contributed by atoms with Crippen molar-refractivity contribution >= 4 is 21.6 Å². The van der Waals surface area contributed by atoms with Crippen molar-refractivity contribution in [1.82, 2.24) is 24.3 Å². The average molecular weight is 652 g/mol. The molecule has 0 saturated carbocycles. The normalized spacial score (nSPS) is 16.2. The molecule has 8 nitrogen and oxygen atoms in total. The number of sulfonamides is 1. The fourth-order valence-electron chi connectivity index (χ4n) is 6.14. The predicted molar refractivity (Wildman–Crippen MR) is 176 cm³/mol. The molecule has 0 unspecified atom stereocenters. The van der Waals surface area contributed by atoms with E-state index in [-0.39, 0.29) is 12.4 Å². The number of ether oxygens (including phenoxy) is 1. The van der Waals surface area contributed by atoms with Gasteiger partial charge in [-0.25, -0.2) is 12.8 Å². The van der Waals surface area contributed by atoms with Crippen molar-refractivity contribution in [2.45, 2.75) is 39.0 Å². The minimum Gasteiger partial charge on any atom is -0.379 e. The van der Waals surface area contributed by atoms with Gasteiger partial charge in [0.15, 0.2) is 0 Å². The molecule has 1 saturated heterocycles. The smallest absolute Gasteiger partial charge is 0.211 e. The first-order valence-electron chi connectivity index (χ1n) is 15.4. The molecule has 3 heterocycles. The standard InChI is InChI=1S/C34H39ClFN5O3S/c1-45(42,43)40-15-12-33-30(24-40)34(38-41(33)14-5-13-39-16-18-44-19-17-39)27-8-10-31(35)29(21-27)26-9-11-32(36)28(20-26)23-37-22-25-6-3-2-4-7-25/h2-4,6-11,20-21,37H,5,12-19,22-24H2,1H3. The molecule has 0 amide bonds. The summed E-state index contributed by atoms with van der Waals surface area (Å²) < 4.78 is 49.0. The van der Waals surface area contributed by atoms with Gasteiger partial charge in [-0.05, 0) is 41.8 Å². The quantitative estimate of drug-likeness (QED) is 0.236. The second-order valence-electron chi connectivity index (χ2n) is 11.7. The molecule has 0 radical (unpaired) electrons. The van der Waals surface area contributed by atoms with Crippen LogP contribution in [0.1, 0.15) is 28.8 Å². The van der Waals surface area contributed by atoms with E-state index in [1.807, 2.05) is 54.6 Å². The highest BCUT2D eigenvalue weighted by molar-refractivity contribution is 7.88. The van der Waals surface area contributed by atoms with Crippen molar-refractivity contribution in [3.05, 3.63) is 100.0 Å². The number of hydrogen-bond donors (Lipinski definition) is 1. The Kier molecular flexibility index (Phi) is 9.99. The van der Waals surface area contributed by atoms with E-state index in [4.69, 9.17) is 21.4 Å². The average Bonchev–Trinajstić information content (AvgIpc) is 3.41. The second-order valence-corrected chi connectivity index (χ2v) is 14.1. The molecule has 1 N–H and O–H groups in total. The third kappa shape index (κ3) is 7.65. The first-order valence-corrected chi connectivity index (χ1v) is 17.7. The third-order valence-electron chi connectivity index (χ3n) is 8.60. The van der Waals surface area contributed by atoms with E-state index in [1.165, 1.54) is 16.6 Å². The highest BCUT2D eigenvalue weighted by atomic mass is 35.5. The topological polar surface area (TPSA) is 79.7 Å². The zero-order chi connectivity index (χ0) is 31.4. The zero-order valence-corrected chi connectivity index (χ0v) is 27.1. The maximum absolute atomic E-state index is 14.9. The number of rotatable bonds is 11. The number of aromatic nitrogens is 2. The first kappa shape index (κ1) is 31.8. The fraction of sp³-hybridized carbons (Fsp3) is 0.382. The van der Waals surface area contributed by atoms with Crippen LogP contribution in [0.4, 0.5) is 4.39 Å². The Morgan fingerprint density at radius 3 is 2.51 bits per heavy atom. The Bertz CT molecular complexity index is 1740. The molecule has 2 aliphatic heterocycles. The Labute approximate surface area is 269 Å². The summed E-state index contributed by atoms with van der Waals surface area (Å²) in [6, 6.07) is 20.8. The number of nitrogens with zero attached hydrogens (tertiary/aromatic N) is 4. The van der Waals surface area contributed by atoms with Crippen LogP contribution in [0.5, 0.6) is 0 Å². The van der Waals surface area contributed by atoms with Crippen molar-refractivity contribution in [2.24, 2.45) is 0 Å². The molecule has 6 rings (SSSR count). The van der Waals surface area contributed by atoms with E-state index in [1.54, 1.807) is 6.07 Å². The molecular weight excluding hydrogens is 613 g/mol. The summed E-state index contributed by atoms with van der Waals surface area (Å²) in [7, 11) is -3.37. The molecule has 0 aliphatic carbocycles. The summed E-state index contributed by atoms with van der Waals surface area (Å²) in [5, 5.41) is 8.94. The van der Waals surface area contributed by atoms with Crippen LogP contribution in [0.2, 0.25) is 5.02 Å². The summed E-state index contributed by atoms with van der Waals surface area (Å²) in [6.45, 7) is 6.82. The van der Waals surface area contributed by atoms with Crippen molar-refractivity contribution < 1.29 is 17.5 Å². The Morgan fingerprint density at radius 2 is 1.73 bits per heavy atom. The zero-order valence-electron chi connectivity index (χ0n) is 25.5. The lowest BCUT2D eigenvalue weighted by Gasteiger charge is -2.27. The van der Waals surface area contributed by atoms with Gasteiger partial charge in [0.2, 0.25) is 10.0 Å². The van der Waals surface area contributed by atoms with Gasteiger partial charge in [-0.2, -0.15) is 9.40 Å². The van der Waals surface area contributed by atoms with E-state index in [2.05, 4.69) is 14.9 Å². The molecule has 11 heteroatoms. The molecule has 0 spiro atoms. The molecule has 1 fully saturated rings. The molecular formula is C34H39ClFN5O3S. The fourth-order valence-corrected chi connectivity index (χ4v) is 7.16. The highest BCUT2D eigenvalue weighted by Gasteiger charge is 2.30. The van der Waals surface area contributed by atoms with Gasteiger partial charge in [0.25, 0.3) is 0 Å². The summed E-state index contributed by atoms with van der Waals surface area (Å²) in [5.41, 5.74) is 6.86. The summed E-state index contributed by atoms with van der Waals surface area (Å²) in [6.07, 6.45) is 2.79. The minimum absolute atomic E-state index is 0.276. The van der Waals surface area contributed by atoms with Crippen LogP contribution < -0.4 is 5.32 Å². The van der Waals surface area contributed by atoms with Gasteiger partial charge < -0.3 is 10.1 Å². The third-order valence-corrected chi connectivity index (χ3v) is 10.2. The maximum atomic E-state index is 14.9. The number of hydrogen-bond acceptors (Lipinski definition) is 6. The molecule has 2 aliphatic rings. The van der Waals surface area contributed by atoms with Crippen LogP contribution in [0.25, 0.3) is 22.4 Å². The maximum Gasteiger partial charge on any atom is 0.211 e. The van der Waals surface area contributed by atoms with Crippen LogP contribution in [0.15, 0.2) is 66.7 Å². The van der Waals surface area contributed by atoms with Gasteiger partial charge in [0, 0.05) is 91.7 Å². The number of halogens is 2. The first-order chi connectivity index (χ1) is 21.8. The Morgan fingerprint density at radius 1 is 0.956 bits per heavy atom. The molecule has 0 bridgehead atoms. The molecule has 3 aromatic carbocycles. The minimum atomic E-state index is -3.37. The van der Waals surface area contributed by atoms with E-state index < -0.39 is 10.0 Å². The lowest BCUT2D eigenvalue weighted by Crippen LogP contribution is -2.37. The second kappa shape index (κ2) is 14.1. The number of fused-ring (bicyclic) bond motifs is 1. The lowest BCUT2D eigenvalue weighted by molar-refractivity contribution is 0.0368. The van der Waals surface area contributed by atoms with Crippen molar-refractivity contribution in [2.75, 3.05) is 45.6 Å². The van der Waals surface area contributed by atoms with Crippen molar-refractivity contribution in [3.8, 4) is 22.4 Å².